The highest BCUT2D eigenvalue weighted by molar-refractivity contribution is 6.32. The van der Waals surface area contributed by atoms with Crippen molar-refractivity contribution < 1.29 is 64.3 Å². The van der Waals surface area contributed by atoms with E-state index in [1.165, 1.54) is 0 Å². The van der Waals surface area contributed by atoms with E-state index in [-0.39, 0.29) is 0 Å². The van der Waals surface area contributed by atoms with Crippen LogP contribution in [0.25, 0.3) is 0 Å². The maximum absolute atomic E-state index is 11.3. The molecule has 13 nitrogen and oxygen atoms in total. The maximum atomic E-state index is 11.3. The maximum Gasteiger partial charge on any atom is 0.374 e. The van der Waals surface area contributed by atoms with Gasteiger partial charge in [-0.25, -0.2) is 4.79 Å². The van der Waals surface area contributed by atoms with Crippen molar-refractivity contribution >= 4 is 11.8 Å². The van der Waals surface area contributed by atoms with Crippen LogP contribution in [0.3, 0.4) is 0 Å². The van der Waals surface area contributed by atoms with Crippen molar-refractivity contribution in [2.75, 3.05) is 19.8 Å². The van der Waals surface area contributed by atoms with E-state index in [1.807, 2.05) is 0 Å². The van der Waals surface area contributed by atoms with E-state index in [1.54, 1.807) is 0 Å². The molecule has 9 atom stereocenters. The van der Waals surface area contributed by atoms with Gasteiger partial charge in [0, 0.05) is 6.92 Å². The Balaban J connectivity index is 2.14. The number of aliphatic hydroxyl groups excluding tert-OH is 7. The van der Waals surface area contributed by atoms with Crippen LogP contribution in [0.1, 0.15) is 6.92 Å². The molecule has 2 aliphatic rings. The van der Waals surface area contributed by atoms with Crippen molar-refractivity contribution in [2.24, 2.45) is 0 Å². The van der Waals surface area contributed by atoms with Crippen LogP contribution in [-0.2, 0) is 28.5 Å². The average molecular weight is 412 g/mol. The second-order valence-corrected chi connectivity index (χ2v) is 6.53. The number of hydrogen-bond donors (Lipinski definition) is 7. The standard InChI is InChI=1S/C15H24O13/c1-5(18)13(24)25-3-7-8(19)10(21)11(22)14(26-7)28-15(4-17)12(23)9(20)6(2-16)27-15/h6-12,14,16-17,19-23H,2-4H2,1H3/t6-,7-,8-,9-,10+,11-,12+,14-,15+/m1/s1. The smallest absolute Gasteiger partial charge is 0.374 e. The molecular formula is C15H24O13. The summed E-state index contributed by atoms with van der Waals surface area (Å²) in [4.78, 5) is 22.2. The minimum Gasteiger partial charge on any atom is -0.457 e. The Morgan fingerprint density at radius 2 is 1.61 bits per heavy atom. The Kier molecular flexibility index (Phi) is 7.44. The molecule has 28 heavy (non-hydrogen) atoms. The molecule has 7 N–H and O–H groups in total. The Morgan fingerprint density at radius 1 is 0.964 bits per heavy atom. The summed E-state index contributed by atoms with van der Waals surface area (Å²) in [7, 11) is 0. The number of carbonyl (C=O) groups is 2. The first-order valence-electron chi connectivity index (χ1n) is 8.38. The lowest BCUT2D eigenvalue weighted by Gasteiger charge is -2.43. The number of hydrogen-bond acceptors (Lipinski definition) is 13. The van der Waals surface area contributed by atoms with Crippen molar-refractivity contribution in [2.45, 2.75) is 61.7 Å². The second kappa shape index (κ2) is 9.04. The minimum atomic E-state index is -2.32. The number of ketones is 1. The molecular weight excluding hydrogens is 388 g/mol. The van der Waals surface area contributed by atoms with Gasteiger partial charge in [-0.3, -0.25) is 4.79 Å². The molecule has 2 fully saturated rings. The lowest BCUT2D eigenvalue weighted by Crippen LogP contribution is -2.63. The zero-order valence-corrected chi connectivity index (χ0v) is 14.8. The second-order valence-electron chi connectivity index (χ2n) is 6.53. The van der Waals surface area contributed by atoms with Crippen molar-refractivity contribution in [3.8, 4) is 0 Å². The molecule has 0 aliphatic carbocycles. The van der Waals surface area contributed by atoms with E-state index in [4.69, 9.17) is 19.3 Å². The highest BCUT2D eigenvalue weighted by atomic mass is 16.8. The molecule has 0 aromatic rings. The van der Waals surface area contributed by atoms with Crippen molar-refractivity contribution in [1.82, 2.24) is 0 Å². The summed E-state index contributed by atoms with van der Waals surface area (Å²) in [5.74, 6) is -4.45. The Hall–Kier alpha value is -1.26. The number of esters is 1. The van der Waals surface area contributed by atoms with Gasteiger partial charge in [0.25, 0.3) is 0 Å². The predicted octanol–water partition coefficient (Wildman–Crippen LogP) is -5.26. The van der Waals surface area contributed by atoms with Crippen LogP contribution in [0.5, 0.6) is 0 Å². The Morgan fingerprint density at radius 3 is 2.11 bits per heavy atom. The van der Waals surface area contributed by atoms with Gasteiger partial charge < -0.3 is 54.7 Å². The predicted molar refractivity (Wildman–Crippen MR) is 83.2 cm³/mol. The number of rotatable bonds is 7. The van der Waals surface area contributed by atoms with Crippen molar-refractivity contribution in [3.05, 3.63) is 0 Å². The normalized spacial score (nSPS) is 43.7. The fourth-order valence-electron chi connectivity index (χ4n) is 2.88. The van der Waals surface area contributed by atoms with Gasteiger partial charge in [0.2, 0.25) is 11.6 Å². The van der Waals surface area contributed by atoms with Gasteiger partial charge in [-0.2, -0.15) is 0 Å². The van der Waals surface area contributed by atoms with Crippen LogP contribution in [0, 0.1) is 0 Å². The van der Waals surface area contributed by atoms with Crippen LogP contribution < -0.4 is 0 Å². The number of ether oxygens (including phenoxy) is 4. The Bertz CT molecular complexity index is 570. The molecule has 0 unspecified atom stereocenters. The zero-order valence-electron chi connectivity index (χ0n) is 14.8. The van der Waals surface area contributed by atoms with Gasteiger partial charge in [-0.05, 0) is 0 Å². The zero-order chi connectivity index (χ0) is 21.2. The highest BCUT2D eigenvalue weighted by Crippen LogP contribution is 2.35. The van der Waals surface area contributed by atoms with Crippen LogP contribution in [-0.4, -0.2) is 122 Å². The molecule has 0 spiro atoms. The first kappa shape index (κ1) is 23.0. The van der Waals surface area contributed by atoms with E-state index in [0.29, 0.717) is 0 Å². The summed E-state index contributed by atoms with van der Waals surface area (Å²) in [6, 6.07) is 0. The summed E-state index contributed by atoms with van der Waals surface area (Å²) in [5, 5.41) is 68.8. The van der Waals surface area contributed by atoms with E-state index < -0.39 is 86.4 Å². The van der Waals surface area contributed by atoms with E-state index in [2.05, 4.69) is 4.74 Å². The van der Waals surface area contributed by atoms with Gasteiger partial charge >= 0.3 is 5.97 Å². The third-order valence-corrected chi connectivity index (χ3v) is 4.56. The fraction of sp³-hybridized carbons (Fsp3) is 0.867. The SMILES string of the molecule is CC(=O)C(=O)OC[C@H]1O[C@H](O[C@]2(CO)O[C@H](CO)[C@@H](O)[C@@H]2O)[C@H](O)[C@@H](O)[C@@H]1O. The van der Waals surface area contributed by atoms with Gasteiger partial charge in [0.15, 0.2) is 6.29 Å². The van der Waals surface area contributed by atoms with Crippen LogP contribution >= 0.6 is 0 Å². The van der Waals surface area contributed by atoms with Crippen LogP contribution in [0.4, 0.5) is 0 Å². The minimum absolute atomic E-state index is 0.680. The first-order chi connectivity index (χ1) is 13.1. The molecule has 0 aromatic carbocycles. The monoisotopic (exact) mass is 412 g/mol. The quantitative estimate of drug-likeness (QED) is 0.154. The molecule has 0 aromatic heterocycles. The van der Waals surface area contributed by atoms with Crippen molar-refractivity contribution in [1.29, 1.82) is 0 Å². The van der Waals surface area contributed by atoms with E-state index >= 15 is 0 Å². The molecule has 13 heteroatoms. The Labute approximate surface area is 158 Å². The molecule has 162 valence electrons. The van der Waals surface area contributed by atoms with Gasteiger partial charge in [-0.1, -0.05) is 0 Å². The van der Waals surface area contributed by atoms with Gasteiger partial charge in [0.05, 0.1) is 6.61 Å². The summed E-state index contributed by atoms with van der Waals surface area (Å²) in [5.41, 5.74) is 0. The topological polar surface area (TPSA) is 213 Å². The molecule has 0 saturated carbocycles. The first-order valence-corrected chi connectivity index (χ1v) is 8.38. The summed E-state index contributed by atoms with van der Waals surface area (Å²) in [6.45, 7) is -1.47. The summed E-state index contributed by atoms with van der Waals surface area (Å²) < 4.78 is 20.3. The highest BCUT2D eigenvalue weighted by Gasteiger charge is 2.58. The number of Topliss-reactive ketones (excluding diaryl/α,β-unsaturated/α-hetero) is 1. The fourth-order valence-corrected chi connectivity index (χ4v) is 2.88. The molecule has 2 aliphatic heterocycles. The molecule has 0 bridgehead atoms. The van der Waals surface area contributed by atoms with Gasteiger partial charge in [0.1, 0.15) is 55.9 Å². The lowest BCUT2D eigenvalue weighted by molar-refractivity contribution is -0.383. The molecule has 2 heterocycles. The van der Waals surface area contributed by atoms with E-state index in [0.717, 1.165) is 6.92 Å². The summed E-state index contributed by atoms with van der Waals surface area (Å²) >= 11 is 0. The average Bonchev–Trinajstić information content (AvgIpc) is 2.92. The molecule has 0 radical (unpaired) electrons. The number of aliphatic hydroxyl groups is 7. The lowest BCUT2D eigenvalue weighted by atomic mass is 9.99. The summed E-state index contributed by atoms with van der Waals surface area (Å²) in [6.07, 6.45) is -13.5. The number of carbonyl (C=O) groups excluding carboxylic acids is 2. The molecule has 2 rings (SSSR count). The molecule has 2 saturated heterocycles. The van der Waals surface area contributed by atoms with Crippen LogP contribution in [0.2, 0.25) is 0 Å². The third-order valence-electron chi connectivity index (χ3n) is 4.56. The van der Waals surface area contributed by atoms with Crippen LogP contribution in [0.15, 0.2) is 0 Å². The van der Waals surface area contributed by atoms with E-state index in [9.17, 15) is 40.2 Å². The third kappa shape index (κ3) is 4.33. The largest absolute Gasteiger partial charge is 0.457 e. The molecule has 0 amide bonds. The van der Waals surface area contributed by atoms with Crippen molar-refractivity contribution in [3.63, 3.8) is 0 Å². The van der Waals surface area contributed by atoms with Gasteiger partial charge in [-0.15, -0.1) is 0 Å².